The van der Waals surface area contributed by atoms with Crippen LogP contribution in [0.2, 0.25) is 0 Å². The van der Waals surface area contributed by atoms with Crippen LogP contribution in [0.15, 0.2) is 36.4 Å². The minimum atomic E-state index is -3.01. The summed E-state index contributed by atoms with van der Waals surface area (Å²) in [6.07, 6.45) is 0.490. The monoisotopic (exact) mass is 319 g/mol. The van der Waals surface area contributed by atoms with Gasteiger partial charge in [-0.05, 0) is 12.5 Å². The third-order valence-corrected chi connectivity index (χ3v) is 5.70. The first-order chi connectivity index (χ1) is 10.5. The average Bonchev–Trinajstić information content (AvgIpc) is 3.13. The van der Waals surface area contributed by atoms with Gasteiger partial charge in [0, 0.05) is 18.7 Å². The molecule has 0 radical (unpaired) electrons. The van der Waals surface area contributed by atoms with E-state index in [0.29, 0.717) is 17.8 Å². The number of nitrogens with one attached hydrogen (secondary N) is 1. The molecule has 0 spiro atoms. The van der Waals surface area contributed by atoms with Crippen molar-refractivity contribution in [1.29, 1.82) is 0 Å². The number of aromatic amines is 1. The van der Waals surface area contributed by atoms with Gasteiger partial charge in [-0.2, -0.15) is 5.10 Å². The molecule has 1 fully saturated rings. The number of carbonyl (C=O) groups excluding carboxylic acids is 1. The van der Waals surface area contributed by atoms with Crippen LogP contribution >= 0.6 is 0 Å². The molecule has 116 valence electrons. The van der Waals surface area contributed by atoms with Crippen molar-refractivity contribution < 1.29 is 13.2 Å². The lowest BCUT2D eigenvalue weighted by atomic mass is 10.1. The molecular weight excluding hydrogens is 302 g/mol. The molecule has 1 aliphatic rings. The van der Waals surface area contributed by atoms with E-state index in [1.54, 1.807) is 13.1 Å². The number of hydrogen-bond donors (Lipinski definition) is 1. The first-order valence-electron chi connectivity index (χ1n) is 7.05. The minimum Gasteiger partial charge on any atom is -0.336 e. The second-order valence-electron chi connectivity index (χ2n) is 5.51. The number of sulfone groups is 1. The molecule has 3 rings (SSSR count). The van der Waals surface area contributed by atoms with Gasteiger partial charge in [0.05, 0.1) is 17.2 Å². The molecule has 2 heterocycles. The summed E-state index contributed by atoms with van der Waals surface area (Å²) >= 11 is 0. The van der Waals surface area contributed by atoms with Gasteiger partial charge in [0.15, 0.2) is 9.84 Å². The molecule has 0 bridgehead atoms. The highest BCUT2D eigenvalue weighted by atomic mass is 32.2. The molecule has 0 saturated carbocycles. The Morgan fingerprint density at radius 3 is 2.68 bits per heavy atom. The van der Waals surface area contributed by atoms with Gasteiger partial charge in [0.25, 0.3) is 5.91 Å². The van der Waals surface area contributed by atoms with Crippen molar-refractivity contribution in [3.8, 4) is 11.3 Å². The molecule has 0 unspecified atom stereocenters. The first-order valence-corrected chi connectivity index (χ1v) is 8.87. The number of H-pyrrole nitrogens is 1. The molecule has 1 aliphatic heterocycles. The van der Waals surface area contributed by atoms with Crippen LogP contribution in [-0.2, 0) is 9.84 Å². The van der Waals surface area contributed by atoms with Gasteiger partial charge in [0.1, 0.15) is 5.69 Å². The fraction of sp³-hybridized carbons (Fsp3) is 0.333. The van der Waals surface area contributed by atoms with Gasteiger partial charge in [-0.3, -0.25) is 9.89 Å². The number of hydrogen-bond acceptors (Lipinski definition) is 4. The van der Waals surface area contributed by atoms with Crippen molar-refractivity contribution in [1.82, 2.24) is 15.1 Å². The SMILES string of the molecule is CN(C(=O)c1cc(-c2ccccc2)n[nH]1)[C@@H]1CCS(=O)(=O)C1. The smallest absolute Gasteiger partial charge is 0.271 e. The first kappa shape index (κ1) is 14.8. The van der Waals surface area contributed by atoms with Crippen molar-refractivity contribution in [2.75, 3.05) is 18.6 Å². The Balaban J connectivity index is 1.77. The lowest BCUT2D eigenvalue weighted by molar-refractivity contribution is 0.0741. The predicted octanol–water partition coefficient (Wildman–Crippen LogP) is 1.34. The highest BCUT2D eigenvalue weighted by molar-refractivity contribution is 7.91. The van der Waals surface area contributed by atoms with E-state index in [-0.39, 0.29) is 23.5 Å². The zero-order valence-corrected chi connectivity index (χ0v) is 13.0. The van der Waals surface area contributed by atoms with Crippen LogP contribution in [0.3, 0.4) is 0 Å². The van der Waals surface area contributed by atoms with E-state index in [1.165, 1.54) is 4.90 Å². The second kappa shape index (κ2) is 5.57. The topological polar surface area (TPSA) is 83.1 Å². The maximum atomic E-state index is 12.4. The Labute approximate surface area is 129 Å². The van der Waals surface area contributed by atoms with Crippen molar-refractivity contribution >= 4 is 15.7 Å². The molecule has 22 heavy (non-hydrogen) atoms. The zero-order chi connectivity index (χ0) is 15.7. The van der Waals surface area contributed by atoms with E-state index in [1.807, 2.05) is 30.3 Å². The predicted molar refractivity (Wildman–Crippen MR) is 83.2 cm³/mol. The van der Waals surface area contributed by atoms with Crippen LogP contribution in [-0.4, -0.2) is 54.0 Å². The van der Waals surface area contributed by atoms with Crippen LogP contribution in [0.1, 0.15) is 16.9 Å². The van der Waals surface area contributed by atoms with Gasteiger partial charge < -0.3 is 4.90 Å². The van der Waals surface area contributed by atoms with E-state index in [4.69, 9.17) is 0 Å². The number of rotatable bonds is 3. The van der Waals surface area contributed by atoms with Gasteiger partial charge in [-0.15, -0.1) is 0 Å². The fourth-order valence-corrected chi connectivity index (χ4v) is 4.40. The Kier molecular flexibility index (Phi) is 3.74. The molecule has 1 saturated heterocycles. The molecular formula is C15H17N3O3S. The van der Waals surface area contributed by atoms with Crippen molar-refractivity contribution in [3.63, 3.8) is 0 Å². The number of carbonyl (C=O) groups is 1. The summed E-state index contributed by atoms with van der Waals surface area (Å²) in [5, 5.41) is 6.89. The summed E-state index contributed by atoms with van der Waals surface area (Å²) in [6, 6.07) is 11.0. The quantitative estimate of drug-likeness (QED) is 0.925. The van der Waals surface area contributed by atoms with E-state index >= 15 is 0 Å². The van der Waals surface area contributed by atoms with Gasteiger partial charge >= 0.3 is 0 Å². The van der Waals surface area contributed by atoms with Gasteiger partial charge in [0.2, 0.25) is 0 Å². The van der Waals surface area contributed by atoms with Gasteiger partial charge in [-0.25, -0.2) is 8.42 Å². The van der Waals surface area contributed by atoms with Crippen LogP contribution in [0, 0.1) is 0 Å². The van der Waals surface area contributed by atoms with E-state index in [9.17, 15) is 13.2 Å². The van der Waals surface area contributed by atoms with Crippen molar-refractivity contribution in [2.24, 2.45) is 0 Å². The van der Waals surface area contributed by atoms with Crippen LogP contribution in [0.25, 0.3) is 11.3 Å². The largest absolute Gasteiger partial charge is 0.336 e. The van der Waals surface area contributed by atoms with E-state index in [0.717, 1.165) is 5.56 Å². The number of amides is 1. The average molecular weight is 319 g/mol. The summed E-state index contributed by atoms with van der Waals surface area (Å²) in [7, 11) is -1.38. The summed E-state index contributed by atoms with van der Waals surface area (Å²) in [5.74, 6) is -0.0561. The third kappa shape index (κ3) is 2.89. The van der Waals surface area contributed by atoms with Crippen LogP contribution in [0.4, 0.5) is 0 Å². The highest BCUT2D eigenvalue weighted by Crippen LogP contribution is 2.20. The summed E-state index contributed by atoms with van der Waals surface area (Å²) in [5.41, 5.74) is 1.98. The van der Waals surface area contributed by atoms with E-state index in [2.05, 4.69) is 10.2 Å². The lowest BCUT2D eigenvalue weighted by Crippen LogP contribution is -2.38. The Morgan fingerprint density at radius 2 is 2.05 bits per heavy atom. The zero-order valence-electron chi connectivity index (χ0n) is 12.2. The number of benzene rings is 1. The highest BCUT2D eigenvalue weighted by Gasteiger charge is 2.33. The number of nitrogens with zero attached hydrogens (tertiary/aromatic N) is 2. The van der Waals surface area contributed by atoms with Gasteiger partial charge in [-0.1, -0.05) is 30.3 Å². The molecule has 2 aromatic rings. The van der Waals surface area contributed by atoms with E-state index < -0.39 is 9.84 Å². The third-order valence-electron chi connectivity index (χ3n) is 3.95. The Morgan fingerprint density at radius 1 is 1.32 bits per heavy atom. The molecule has 6 nitrogen and oxygen atoms in total. The van der Waals surface area contributed by atoms with Crippen LogP contribution in [0.5, 0.6) is 0 Å². The maximum absolute atomic E-state index is 12.4. The fourth-order valence-electron chi connectivity index (χ4n) is 2.62. The molecule has 1 amide bonds. The molecule has 1 N–H and O–H groups in total. The lowest BCUT2D eigenvalue weighted by Gasteiger charge is -2.22. The Bertz CT molecular complexity index is 783. The molecule has 1 aromatic heterocycles. The Hall–Kier alpha value is -2.15. The summed E-state index contributed by atoms with van der Waals surface area (Å²) in [6.45, 7) is 0. The summed E-state index contributed by atoms with van der Waals surface area (Å²) < 4.78 is 23.1. The molecule has 7 heteroatoms. The molecule has 1 aromatic carbocycles. The number of aromatic nitrogens is 2. The second-order valence-corrected chi connectivity index (χ2v) is 7.73. The molecule has 0 aliphatic carbocycles. The maximum Gasteiger partial charge on any atom is 0.271 e. The summed E-state index contributed by atoms with van der Waals surface area (Å²) in [4.78, 5) is 13.9. The molecule has 1 atom stereocenters. The normalized spacial score (nSPS) is 20.0. The van der Waals surface area contributed by atoms with Crippen molar-refractivity contribution in [3.05, 3.63) is 42.1 Å². The van der Waals surface area contributed by atoms with Crippen molar-refractivity contribution in [2.45, 2.75) is 12.5 Å². The van der Waals surface area contributed by atoms with Crippen LogP contribution < -0.4 is 0 Å². The minimum absolute atomic E-state index is 0.0366. The standard InChI is InChI=1S/C15H17N3O3S/c1-18(12-7-8-22(20,21)10-12)15(19)14-9-13(16-17-14)11-5-3-2-4-6-11/h2-6,9,12H,7-8,10H2,1H3,(H,16,17)/t12-/m1/s1.